The molecule has 0 aromatic heterocycles. The normalized spacial score (nSPS) is 23.1. The van der Waals surface area contributed by atoms with Gasteiger partial charge >= 0.3 is 0 Å². The average Bonchev–Trinajstić information content (AvgIpc) is 2.70. The highest BCUT2D eigenvalue weighted by molar-refractivity contribution is 5.82. The van der Waals surface area contributed by atoms with Crippen LogP contribution in [0.15, 0.2) is 30.3 Å². The molecule has 4 nitrogen and oxygen atoms in total. The largest absolute Gasteiger partial charge is 0.336 e. The van der Waals surface area contributed by atoms with E-state index in [1.165, 1.54) is 5.56 Å². The van der Waals surface area contributed by atoms with Gasteiger partial charge in [0.15, 0.2) is 0 Å². The number of benzene rings is 1. The molecule has 1 aromatic rings. The lowest BCUT2D eigenvalue weighted by Gasteiger charge is -2.16. The van der Waals surface area contributed by atoms with E-state index in [0.29, 0.717) is 13.1 Å². The average molecular weight is 262 g/mol. The van der Waals surface area contributed by atoms with Crippen molar-refractivity contribution >= 4 is 5.91 Å². The molecule has 1 N–H and O–H groups in total. The van der Waals surface area contributed by atoms with Crippen LogP contribution >= 0.6 is 0 Å². The minimum absolute atomic E-state index is 0.0358. The van der Waals surface area contributed by atoms with Gasteiger partial charge < -0.3 is 9.74 Å². The molecule has 0 aliphatic carbocycles. The van der Waals surface area contributed by atoms with Crippen molar-refractivity contribution in [2.75, 3.05) is 13.7 Å². The summed E-state index contributed by atoms with van der Waals surface area (Å²) in [5, 5.41) is 0. The molecule has 4 heteroatoms. The Morgan fingerprint density at radius 1 is 1.37 bits per heavy atom. The van der Waals surface area contributed by atoms with Crippen LogP contribution < -0.4 is 5.48 Å². The molecule has 0 spiro atoms. The van der Waals surface area contributed by atoms with Gasteiger partial charge in [-0.2, -0.15) is 5.48 Å². The molecule has 1 saturated heterocycles. The lowest BCUT2D eigenvalue weighted by molar-refractivity contribution is -0.132. The Bertz CT molecular complexity index is 408. The first-order chi connectivity index (χ1) is 9.26. The Morgan fingerprint density at radius 3 is 2.74 bits per heavy atom. The number of carbonyl (C=O) groups is 1. The van der Waals surface area contributed by atoms with E-state index in [2.05, 4.69) is 24.5 Å². The van der Waals surface area contributed by atoms with Crippen molar-refractivity contribution in [3.8, 4) is 0 Å². The molecular formula is C15H22N2O2. The van der Waals surface area contributed by atoms with E-state index in [0.717, 1.165) is 12.8 Å². The summed E-state index contributed by atoms with van der Waals surface area (Å²) in [4.78, 5) is 19.4. The van der Waals surface area contributed by atoms with Crippen molar-refractivity contribution in [1.82, 2.24) is 10.4 Å². The maximum Gasteiger partial charge on any atom is 0.227 e. The van der Waals surface area contributed by atoms with Crippen LogP contribution in [0.3, 0.4) is 0 Å². The Morgan fingerprint density at radius 2 is 2.11 bits per heavy atom. The second-order valence-electron chi connectivity index (χ2n) is 5.03. The van der Waals surface area contributed by atoms with Gasteiger partial charge in [-0.25, -0.2) is 0 Å². The zero-order valence-electron chi connectivity index (χ0n) is 11.6. The number of likely N-dealkylation sites (tertiary alicyclic amines) is 1. The third-order valence-corrected chi connectivity index (χ3v) is 3.62. The summed E-state index contributed by atoms with van der Waals surface area (Å²) in [5.74, 6) is 0.272. The second-order valence-corrected chi connectivity index (χ2v) is 5.03. The Kier molecular flexibility index (Phi) is 4.93. The highest BCUT2D eigenvalue weighted by Crippen LogP contribution is 2.24. The monoisotopic (exact) mass is 262 g/mol. The molecule has 0 radical (unpaired) electrons. The molecule has 0 unspecified atom stereocenters. The summed E-state index contributed by atoms with van der Waals surface area (Å²) in [6.45, 7) is 3.50. The third kappa shape index (κ3) is 3.33. The summed E-state index contributed by atoms with van der Waals surface area (Å²) < 4.78 is 0. The van der Waals surface area contributed by atoms with E-state index < -0.39 is 0 Å². The third-order valence-electron chi connectivity index (χ3n) is 3.62. The molecule has 104 valence electrons. The van der Waals surface area contributed by atoms with Crippen molar-refractivity contribution in [1.29, 1.82) is 0 Å². The molecule has 1 aromatic carbocycles. The quantitative estimate of drug-likeness (QED) is 0.797. The first-order valence-electron chi connectivity index (χ1n) is 6.87. The fourth-order valence-electron chi connectivity index (χ4n) is 2.71. The van der Waals surface area contributed by atoms with Crippen LogP contribution in [0, 0.1) is 5.92 Å². The summed E-state index contributed by atoms with van der Waals surface area (Å²) in [6.07, 6.45) is 1.92. The van der Waals surface area contributed by atoms with E-state index in [4.69, 9.17) is 4.84 Å². The summed E-state index contributed by atoms with van der Waals surface area (Å²) >= 11 is 0. The van der Waals surface area contributed by atoms with E-state index in [9.17, 15) is 4.79 Å². The van der Waals surface area contributed by atoms with E-state index >= 15 is 0 Å². The zero-order chi connectivity index (χ0) is 13.7. The number of hydrogen-bond acceptors (Lipinski definition) is 3. The molecule has 1 aliphatic heterocycles. The Hall–Kier alpha value is -1.39. The fraction of sp³-hybridized carbons (Fsp3) is 0.533. The molecule has 1 fully saturated rings. The van der Waals surface area contributed by atoms with Crippen molar-refractivity contribution in [2.24, 2.45) is 5.92 Å². The zero-order valence-corrected chi connectivity index (χ0v) is 11.6. The van der Waals surface area contributed by atoms with Crippen LogP contribution in [0.2, 0.25) is 0 Å². The topological polar surface area (TPSA) is 41.6 Å². The smallest absolute Gasteiger partial charge is 0.227 e. The van der Waals surface area contributed by atoms with Crippen LogP contribution in [-0.4, -0.2) is 30.5 Å². The van der Waals surface area contributed by atoms with Crippen LogP contribution in [-0.2, 0) is 16.2 Å². The van der Waals surface area contributed by atoms with Gasteiger partial charge in [-0.05, 0) is 12.0 Å². The lowest BCUT2D eigenvalue weighted by Crippen LogP contribution is -2.35. The molecular weight excluding hydrogens is 240 g/mol. The standard InChI is InChI=1S/C15H22N2O2/c1-3-7-13-14(16-19-2)11-17(15(13)18)10-12-8-5-4-6-9-12/h4-6,8-9,13-14,16H,3,7,10-11H2,1-2H3/t13-,14-/m1/s1. The van der Waals surface area contributed by atoms with Gasteiger partial charge in [0.05, 0.1) is 19.1 Å². The molecule has 2 atom stereocenters. The highest BCUT2D eigenvalue weighted by atomic mass is 16.6. The molecule has 0 bridgehead atoms. The maximum absolute atomic E-state index is 12.4. The minimum Gasteiger partial charge on any atom is -0.336 e. The van der Waals surface area contributed by atoms with E-state index in [1.54, 1.807) is 7.11 Å². The maximum atomic E-state index is 12.4. The van der Waals surface area contributed by atoms with Crippen molar-refractivity contribution < 1.29 is 9.63 Å². The van der Waals surface area contributed by atoms with Crippen molar-refractivity contribution in [3.63, 3.8) is 0 Å². The predicted octanol–water partition coefficient (Wildman–Crippen LogP) is 1.96. The lowest BCUT2D eigenvalue weighted by atomic mass is 9.98. The van der Waals surface area contributed by atoms with Crippen LogP contribution in [0.5, 0.6) is 0 Å². The first-order valence-corrected chi connectivity index (χ1v) is 6.87. The van der Waals surface area contributed by atoms with Gasteiger partial charge in [0.2, 0.25) is 5.91 Å². The van der Waals surface area contributed by atoms with Gasteiger partial charge in [-0.15, -0.1) is 0 Å². The van der Waals surface area contributed by atoms with Gasteiger partial charge in [0.25, 0.3) is 0 Å². The number of nitrogens with one attached hydrogen (secondary N) is 1. The Labute approximate surface area is 114 Å². The molecule has 2 rings (SSSR count). The Balaban J connectivity index is 2.04. The van der Waals surface area contributed by atoms with E-state index in [-0.39, 0.29) is 17.9 Å². The van der Waals surface area contributed by atoms with Gasteiger partial charge in [0.1, 0.15) is 0 Å². The van der Waals surface area contributed by atoms with E-state index in [1.807, 2.05) is 23.1 Å². The SMILES string of the molecule is CCC[C@H]1C(=O)N(Cc2ccccc2)C[C@H]1NOC. The first kappa shape index (κ1) is 14.0. The van der Waals surface area contributed by atoms with Gasteiger partial charge in [-0.3, -0.25) is 4.79 Å². The molecule has 0 saturated carbocycles. The summed E-state index contributed by atoms with van der Waals surface area (Å²) in [5.41, 5.74) is 4.13. The van der Waals surface area contributed by atoms with Gasteiger partial charge in [-0.1, -0.05) is 43.7 Å². The predicted molar refractivity (Wildman–Crippen MR) is 74.2 cm³/mol. The summed E-state index contributed by atoms with van der Waals surface area (Å²) in [7, 11) is 1.60. The summed E-state index contributed by atoms with van der Waals surface area (Å²) in [6, 6.07) is 10.2. The molecule has 1 heterocycles. The second kappa shape index (κ2) is 6.68. The number of hydrogen-bond donors (Lipinski definition) is 1. The van der Waals surface area contributed by atoms with Crippen LogP contribution in [0.4, 0.5) is 0 Å². The number of carbonyl (C=O) groups excluding carboxylic acids is 1. The van der Waals surface area contributed by atoms with Gasteiger partial charge in [0, 0.05) is 13.1 Å². The van der Waals surface area contributed by atoms with Crippen LogP contribution in [0.25, 0.3) is 0 Å². The fourth-order valence-corrected chi connectivity index (χ4v) is 2.71. The van der Waals surface area contributed by atoms with Crippen LogP contribution in [0.1, 0.15) is 25.3 Å². The number of hydroxylamine groups is 1. The van der Waals surface area contributed by atoms with Crippen molar-refractivity contribution in [2.45, 2.75) is 32.4 Å². The van der Waals surface area contributed by atoms with Crippen molar-refractivity contribution in [3.05, 3.63) is 35.9 Å². The number of nitrogens with zero attached hydrogens (tertiary/aromatic N) is 1. The number of rotatable bonds is 6. The minimum atomic E-state index is 0.0358. The molecule has 1 amide bonds. The molecule has 1 aliphatic rings. The highest BCUT2D eigenvalue weighted by Gasteiger charge is 2.39. The molecule has 19 heavy (non-hydrogen) atoms. The number of amides is 1.